The number of carbonyl (C=O) groups is 1. The molecule has 1 aliphatic rings. The Kier molecular flexibility index (Phi) is 3.80. The predicted molar refractivity (Wildman–Crippen MR) is 80.6 cm³/mol. The molecule has 0 saturated heterocycles. The molecule has 98 valence electrons. The van der Waals surface area contributed by atoms with Crippen LogP contribution in [0, 0.1) is 0 Å². The van der Waals surface area contributed by atoms with Crippen LogP contribution in [0.5, 0.6) is 0 Å². The van der Waals surface area contributed by atoms with Crippen LogP contribution in [0.4, 0.5) is 0 Å². The number of hydrogen-bond acceptors (Lipinski definition) is 3. The zero-order valence-electron chi connectivity index (χ0n) is 10.4. The molecule has 1 aliphatic carbocycles. The highest BCUT2D eigenvalue weighted by molar-refractivity contribution is 9.10. The van der Waals surface area contributed by atoms with Crippen LogP contribution in [0.1, 0.15) is 34.8 Å². The number of thiophene rings is 1. The van der Waals surface area contributed by atoms with Gasteiger partial charge < -0.3 is 0 Å². The van der Waals surface area contributed by atoms with Crippen molar-refractivity contribution in [2.75, 3.05) is 0 Å². The van der Waals surface area contributed by atoms with E-state index >= 15 is 0 Å². The number of rotatable bonds is 3. The first-order valence-electron chi connectivity index (χ1n) is 6.42. The van der Waals surface area contributed by atoms with Gasteiger partial charge in [0.05, 0.1) is 0 Å². The maximum atomic E-state index is 12.5. The third-order valence-corrected chi connectivity index (χ3v) is 5.01. The minimum absolute atomic E-state index is 0.0916. The number of ketones is 1. The molecule has 19 heavy (non-hydrogen) atoms. The van der Waals surface area contributed by atoms with Crippen molar-refractivity contribution in [3.8, 4) is 0 Å². The number of fused-ring (bicyclic) bond motifs is 1. The zero-order chi connectivity index (χ0) is 13.2. The van der Waals surface area contributed by atoms with Gasteiger partial charge in [0.15, 0.2) is 0 Å². The fraction of sp³-hybridized carbons (Fsp3) is 0.333. The molecule has 0 saturated carbocycles. The lowest BCUT2D eigenvalue weighted by Gasteiger charge is -2.21. The first-order chi connectivity index (χ1) is 9.24. The molecule has 0 aromatic carbocycles. The van der Waals surface area contributed by atoms with Crippen molar-refractivity contribution in [3.63, 3.8) is 0 Å². The first-order valence-corrected chi connectivity index (χ1v) is 8.09. The summed E-state index contributed by atoms with van der Waals surface area (Å²) in [5.74, 6) is 0.410. The van der Waals surface area contributed by atoms with Gasteiger partial charge >= 0.3 is 0 Å². The number of aryl methyl sites for hydroxylation is 1. The van der Waals surface area contributed by atoms with Crippen molar-refractivity contribution in [1.82, 2.24) is 4.98 Å². The van der Waals surface area contributed by atoms with Gasteiger partial charge in [-0.25, -0.2) is 0 Å². The summed E-state index contributed by atoms with van der Waals surface area (Å²) in [6.07, 6.45) is 7.25. The van der Waals surface area contributed by atoms with Crippen molar-refractivity contribution >= 4 is 33.0 Å². The molecule has 0 radical (unpaired) electrons. The van der Waals surface area contributed by atoms with E-state index in [0.29, 0.717) is 12.2 Å². The molecule has 0 spiro atoms. The highest BCUT2D eigenvalue weighted by Crippen LogP contribution is 2.36. The van der Waals surface area contributed by atoms with E-state index in [2.05, 4.69) is 32.4 Å². The second-order valence-electron chi connectivity index (χ2n) is 4.90. The zero-order valence-corrected chi connectivity index (χ0v) is 12.8. The molecular formula is C15H14BrNOS. The molecule has 1 atom stereocenters. The summed E-state index contributed by atoms with van der Waals surface area (Å²) in [4.78, 5) is 18.0. The van der Waals surface area contributed by atoms with Gasteiger partial charge in [0.1, 0.15) is 5.78 Å². The predicted octanol–water partition coefficient (Wildman–Crippen LogP) is 4.14. The number of halogens is 1. The van der Waals surface area contributed by atoms with E-state index < -0.39 is 0 Å². The number of carbonyl (C=O) groups excluding carboxylic acids is 1. The molecular weight excluding hydrogens is 322 g/mol. The standard InChI is InChI=1S/C15H14BrNOS/c16-11-6-10(8-17-9-11)7-14(18)12-2-1-3-15-13(12)4-5-19-15/h4-6,8-9,12H,1-3,7H2. The summed E-state index contributed by atoms with van der Waals surface area (Å²) in [6.45, 7) is 0. The van der Waals surface area contributed by atoms with Gasteiger partial charge in [-0.15, -0.1) is 11.3 Å². The Labute approximate surface area is 125 Å². The van der Waals surface area contributed by atoms with Crippen LogP contribution in [0.3, 0.4) is 0 Å². The van der Waals surface area contributed by atoms with Crippen molar-refractivity contribution in [2.24, 2.45) is 0 Å². The van der Waals surface area contributed by atoms with Crippen LogP contribution in [0.2, 0.25) is 0 Å². The van der Waals surface area contributed by atoms with Crippen molar-refractivity contribution in [2.45, 2.75) is 31.6 Å². The summed E-state index contributed by atoms with van der Waals surface area (Å²) < 4.78 is 0.928. The molecule has 4 heteroatoms. The van der Waals surface area contributed by atoms with E-state index in [1.54, 1.807) is 23.7 Å². The minimum atomic E-state index is 0.0916. The lowest BCUT2D eigenvalue weighted by molar-refractivity contribution is -0.120. The van der Waals surface area contributed by atoms with E-state index in [4.69, 9.17) is 0 Å². The number of hydrogen-bond donors (Lipinski definition) is 0. The second kappa shape index (κ2) is 5.55. The van der Waals surface area contributed by atoms with Crippen LogP contribution in [0.25, 0.3) is 0 Å². The number of pyridine rings is 1. The van der Waals surface area contributed by atoms with Crippen molar-refractivity contribution < 1.29 is 4.79 Å². The maximum absolute atomic E-state index is 12.5. The summed E-state index contributed by atoms with van der Waals surface area (Å²) in [7, 11) is 0. The normalized spacial score (nSPS) is 18.1. The van der Waals surface area contributed by atoms with Crippen LogP contribution < -0.4 is 0 Å². The fourth-order valence-electron chi connectivity index (χ4n) is 2.70. The van der Waals surface area contributed by atoms with E-state index in [1.165, 1.54) is 10.4 Å². The minimum Gasteiger partial charge on any atom is -0.299 e. The first kappa shape index (κ1) is 13.0. The molecule has 2 aromatic heterocycles. The molecule has 0 fully saturated rings. The second-order valence-corrected chi connectivity index (χ2v) is 6.81. The Morgan fingerprint density at radius 3 is 3.21 bits per heavy atom. The van der Waals surface area contributed by atoms with Crippen molar-refractivity contribution in [3.05, 3.63) is 50.4 Å². The monoisotopic (exact) mass is 335 g/mol. The van der Waals surface area contributed by atoms with E-state index in [9.17, 15) is 4.79 Å². The fourth-order valence-corrected chi connectivity index (χ4v) is 4.10. The van der Waals surface area contributed by atoms with Gasteiger partial charge in [0.2, 0.25) is 0 Å². The molecule has 3 rings (SSSR count). The Hall–Kier alpha value is -1.00. The molecule has 0 aliphatic heterocycles. The SMILES string of the molecule is O=C(Cc1cncc(Br)c1)C1CCCc2sccc21. The summed E-state index contributed by atoms with van der Waals surface area (Å²) in [5, 5.41) is 2.11. The van der Waals surface area contributed by atoms with Gasteiger partial charge in [-0.05, 0) is 63.8 Å². The third-order valence-electron chi connectivity index (χ3n) is 3.58. The summed E-state index contributed by atoms with van der Waals surface area (Å²) in [5.41, 5.74) is 2.26. The largest absolute Gasteiger partial charge is 0.299 e. The molecule has 0 bridgehead atoms. The van der Waals surface area contributed by atoms with Gasteiger partial charge in [0, 0.05) is 34.1 Å². The Morgan fingerprint density at radius 2 is 2.37 bits per heavy atom. The van der Waals surface area contributed by atoms with Gasteiger partial charge in [-0.3, -0.25) is 9.78 Å². The smallest absolute Gasteiger partial charge is 0.144 e. The topological polar surface area (TPSA) is 30.0 Å². The molecule has 0 amide bonds. The quantitative estimate of drug-likeness (QED) is 0.843. The molecule has 0 N–H and O–H groups in total. The number of Topliss-reactive ketones (excluding diaryl/α,β-unsaturated/α-hetero) is 1. The molecule has 2 aromatic rings. The molecule has 1 unspecified atom stereocenters. The highest BCUT2D eigenvalue weighted by atomic mass is 79.9. The average Bonchev–Trinajstić information content (AvgIpc) is 2.86. The van der Waals surface area contributed by atoms with E-state index in [-0.39, 0.29) is 5.92 Å². The number of nitrogens with zero attached hydrogens (tertiary/aromatic N) is 1. The van der Waals surface area contributed by atoms with Crippen LogP contribution >= 0.6 is 27.3 Å². The van der Waals surface area contributed by atoms with Crippen molar-refractivity contribution in [1.29, 1.82) is 0 Å². The lowest BCUT2D eigenvalue weighted by atomic mass is 9.83. The van der Waals surface area contributed by atoms with Gasteiger partial charge in [0.25, 0.3) is 0 Å². The summed E-state index contributed by atoms with van der Waals surface area (Å²) in [6, 6.07) is 4.10. The maximum Gasteiger partial charge on any atom is 0.144 e. The molecule has 2 nitrogen and oxygen atoms in total. The van der Waals surface area contributed by atoms with E-state index in [0.717, 1.165) is 29.3 Å². The van der Waals surface area contributed by atoms with Crippen LogP contribution in [-0.2, 0) is 17.6 Å². The number of aromatic nitrogens is 1. The average molecular weight is 336 g/mol. The Bertz CT molecular complexity index is 608. The van der Waals surface area contributed by atoms with E-state index in [1.807, 2.05) is 6.07 Å². The van der Waals surface area contributed by atoms with Gasteiger partial charge in [-0.1, -0.05) is 0 Å². The Balaban J connectivity index is 1.79. The highest BCUT2D eigenvalue weighted by Gasteiger charge is 2.27. The Morgan fingerprint density at radius 1 is 1.47 bits per heavy atom. The molecule has 2 heterocycles. The van der Waals surface area contributed by atoms with Gasteiger partial charge in [-0.2, -0.15) is 0 Å². The lowest BCUT2D eigenvalue weighted by Crippen LogP contribution is -2.19. The third kappa shape index (κ3) is 2.79. The van der Waals surface area contributed by atoms with Crippen LogP contribution in [0.15, 0.2) is 34.4 Å². The summed E-state index contributed by atoms with van der Waals surface area (Å²) >= 11 is 5.18. The van der Waals surface area contributed by atoms with Crippen LogP contribution in [-0.4, -0.2) is 10.8 Å².